The Labute approximate surface area is 125 Å². The summed E-state index contributed by atoms with van der Waals surface area (Å²) in [6.07, 6.45) is 3.12. The van der Waals surface area contributed by atoms with Crippen molar-refractivity contribution in [3.8, 4) is 5.75 Å². The maximum absolute atomic E-state index is 5.72. The molecule has 2 aromatic carbocycles. The number of ether oxygens (including phenoxy) is 1. The van der Waals surface area contributed by atoms with Crippen molar-refractivity contribution < 1.29 is 4.74 Å². The molecule has 1 aromatic heterocycles. The highest BCUT2D eigenvalue weighted by atomic mass is 16.5. The second kappa shape index (κ2) is 5.92. The number of rotatable bonds is 5. The predicted molar refractivity (Wildman–Crippen MR) is 87.7 cm³/mol. The third-order valence-electron chi connectivity index (χ3n) is 3.69. The van der Waals surface area contributed by atoms with Crippen LogP contribution >= 0.6 is 0 Å². The third-order valence-corrected chi connectivity index (χ3v) is 3.69. The Kier molecular flexibility index (Phi) is 3.82. The van der Waals surface area contributed by atoms with Crippen molar-refractivity contribution in [1.29, 1.82) is 0 Å². The summed E-state index contributed by atoms with van der Waals surface area (Å²) in [5.74, 6) is 0.959. The molecular weight excluding hydrogens is 260 g/mol. The minimum atomic E-state index is 0.690. The molecule has 0 aliphatic heterocycles. The lowest BCUT2D eigenvalue weighted by atomic mass is 10.1. The van der Waals surface area contributed by atoms with Crippen LogP contribution in [0.2, 0.25) is 0 Å². The molecule has 21 heavy (non-hydrogen) atoms. The number of aromatic nitrogens is 1. The van der Waals surface area contributed by atoms with Gasteiger partial charge in [-0.25, -0.2) is 0 Å². The summed E-state index contributed by atoms with van der Waals surface area (Å²) in [5, 5.41) is 1.18. The molecule has 0 aliphatic rings. The van der Waals surface area contributed by atoms with Crippen LogP contribution < -0.4 is 10.5 Å². The van der Waals surface area contributed by atoms with Gasteiger partial charge in [0.1, 0.15) is 5.75 Å². The molecule has 3 aromatic rings. The maximum Gasteiger partial charge on any atom is 0.128 e. The molecule has 0 spiro atoms. The Morgan fingerprint density at radius 2 is 1.86 bits per heavy atom. The molecule has 0 saturated carbocycles. The molecule has 0 unspecified atom stereocenters. The van der Waals surface area contributed by atoms with E-state index in [-0.39, 0.29) is 0 Å². The first-order chi connectivity index (χ1) is 10.3. The van der Waals surface area contributed by atoms with E-state index in [0.29, 0.717) is 6.61 Å². The van der Waals surface area contributed by atoms with Crippen molar-refractivity contribution >= 4 is 16.6 Å². The van der Waals surface area contributed by atoms with Crippen molar-refractivity contribution in [1.82, 2.24) is 4.57 Å². The lowest BCUT2D eigenvalue weighted by Crippen LogP contribution is -2.00. The van der Waals surface area contributed by atoms with E-state index in [1.165, 1.54) is 16.5 Å². The van der Waals surface area contributed by atoms with E-state index in [0.717, 1.165) is 24.4 Å². The second-order valence-electron chi connectivity index (χ2n) is 5.12. The number of nitrogens with two attached hydrogens (primary N) is 1. The smallest absolute Gasteiger partial charge is 0.128 e. The van der Waals surface area contributed by atoms with Crippen molar-refractivity contribution in [3.05, 3.63) is 60.3 Å². The van der Waals surface area contributed by atoms with Crippen LogP contribution in [0.3, 0.4) is 0 Å². The third kappa shape index (κ3) is 2.87. The van der Waals surface area contributed by atoms with E-state index in [4.69, 9.17) is 10.5 Å². The summed E-state index contributed by atoms with van der Waals surface area (Å²) in [4.78, 5) is 0. The van der Waals surface area contributed by atoms with E-state index in [1.807, 2.05) is 31.2 Å². The lowest BCUT2D eigenvalue weighted by Gasteiger charge is -2.08. The van der Waals surface area contributed by atoms with E-state index in [1.54, 1.807) is 0 Å². The molecule has 0 radical (unpaired) electrons. The number of fused-ring (bicyclic) bond motifs is 1. The number of hydrogen-bond acceptors (Lipinski definition) is 2. The Morgan fingerprint density at radius 3 is 2.62 bits per heavy atom. The van der Waals surface area contributed by atoms with E-state index < -0.39 is 0 Å². The zero-order chi connectivity index (χ0) is 14.7. The SMILES string of the molecule is CCOc1cccc2c1ccn2CCc1ccc(N)cc1. The largest absolute Gasteiger partial charge is 0.493 e. The van der Waals surface area contributed by atoms with Gasteiger partial charge in [0, 0.05) is 23.8 Å². The number of hydrogen-bond donors (Lipinski definition) is 1. The first-order valence-corrected chi connectivity index (χ1v) is 7.33. The molecule has 0 bridgehead atoms. The predicted octanol–water partition coefficient (Wildman–Crippen LogP) is 3.86. The molecule has 3 nitrogen and oxygen atoms in total. The number of nitrogens with zero attached hydrogens (tertiary/aromatic N) is 1. The minimum Gasteiger partial charge on any atom is -0.493 e. The first-order valence-electron chi connectivity index (χ1n) is 7.33. The van der Waals surface area contributed by atoms with Crippen LogP contribution in [-0.2, 0) is 13.0 Å². The highest BCUT2D eigenvalue weighted by Crippen LogP contribution is 2.26. The van der Waals surface area contributed by atoms with Crippen molar-refractivity contribution in [2.75, 3.05) is 12.3 Å². The average Bonchev–Trinajstić information content (AvgIpc) is 2.91. The van der Waals surface area contributed by atoms with Crippen LogP contribution in [0.4, 0.5) is 5.69 Å². The fraction of sp³-hybridized carbons (Fsp3) is 0.222. The normalized spacial score (nSPS) is 10.9. The summed E-state index contributed by atoms with van der Waals surface area (Å²) < 4.78 is 7.95. The molecule has 0 saturated heterocycles. The summed E-state index contributed by atoms with van der Waals surface area (Å²) in [6, 6.07) is 16.4. The van der Waals surface area contributed by atoms with Crippen LogP contribution in [0.5, 0.6) is 5.75 Å². The number of nitrogen functional groups attached to an aromatic ring is 1. The number of benzene rings is 2. The molecule has 2 N–H and O–H groups in total. The summed E-state index contributed by atoms with van der Waals surface area (Å²) in [5.41, 5.74) is 9.05. The van der Waals surface area contributed by atoms with Gasteiger partial charge in [0.15, 0.2) is 0 Å². The topological polar surface area (TPSA) is 40.2 Å². The number of anilines is 1. The highest BCUT2D eigenvalue weighted by molar-refractivity contribution is 5.86. The summed E-state index contributed by atoms with van der Waals surface area (Å²) in [7, 11) is 0. The van der Waals surface area contributed by atoms with Gasteiger partial charge in [-0.1, -0.05) is 18.2 Å². The van der Waals surface area contributed by atoms with Gasteiger partial charge in [0.25, 0.3) is 0 Å². The van der Waals surface area contributed by atoms with Gasteiger partial charge in [0.05, 0.1) is 12.1 Å². The van der Waals surface area contributed by atoms with Crippen molar-refractivity contribution in [2.45, 2.75) is 19.9 Å². The van der Waals surface area contributed by atoms with Crippen molar-refractivity contribution in [2.24, 2.45) is 0 Å². The molecule has 0 amide bonds. The highest BCUT2D eigenvalue weighted by Gasteiger charge is 2.06. The zero-order valence-corrected chi connectivity index (χ0v) is 12.3. The fourth-order valence-electron chi connectivity index (χ4n) is 2.61. The Bertz CT molecular complexity index is 729. The number of aryl methyl sites for hydroxylation is 2. The van der Waals surface area contributed by atoms with E-state index >= 15 is 0 Å². The van der Waals surface area contributed by atoms with E-state index in [9.17, 15) is 0 Å². The van der Waals surface area contributed by atoms with Gasteiger partial charge in [-0.2, -0.15) is 0 Å². The average molecular weight is 280 g/mol. The van der Waals surface area contributed by atoms with Gasteiger partial charge in [-0.15, -0.1) is 0 Å². The van der Waals surface area contributed by atoms with Crippen LogP contribution in [0, 0.1) is 0 Å². The Balaban J connectivity index is 1.81. The molecule has 3 heteroatoms. The molecule has 0 fully saturated rings. The minimum absolute atomic E-state index is 0.690. The monoisotopic (exact) mass is 280 g/mol. The van der Waals surface area contributed by atoms with Gasteiger partial charge in [0.2, 0.25) is 0 Å². The Hall–Kier alpha value is -2.42. The van der Waals surface area contributed by atoms with Crippen LogP contribution in [0.1, 0.15) is 12.5 Å². The molecule has 0 aliphatic carbocycles. The lowest BCUT2D eigenvalue weighted by molar-refractivity contribution is 0.344. The quantitative estimate of drug-likeness (QED) is 0.721. The molecule has 108 valence electrons. The molecule has 1 heterocycles. The standard InChI is InChI=1S/C18H20N2O/c1-2-21-18-5-3-4-17-16(18)11-13-20(17)12-10-14-6-8-15(19)9-7-14/h3-9,11,13H,2,10,12,19H2,1H3. The van der Waals surface area contributed by atoms with Crippen LogP contribution in [0.25, 0.3) is 10.9 Å². The van der Waals surface area contributed by atoms with Gasteiger partial charge in [-0.3, -0.25) is 0 Å². The van der Waals surface area contributed by atoms with Crippen molar-refractivity contribution in [3.63, 3.8) is 0 Å². The van der Waals surface area contributed by atoms with Gasteiger partial charge < -0.3 is 15.0 Å². The summed E-state index contributed by atoms with van der Waals surface area (Å²) >= 11 is 0. The van der Waals surface area contributed by atoms with Crippen LogP contribution in [-0.4, -0.2) is 11.2 Å². The fourth-order valence-corrected chi connectivity index (χ4v) is 2.61. The second-order valence-corrected chi connectivity index (χ2v) is 5.12. The molecule has 3 rings (SSSR count). The Morgan fingerprint density at radius 1 is 1.05 bits per heavy atom. The van der Waals surface area contributed by atoms with E-state index in [2.05, 4.69) is 35.0 Å². The summed E-state index contributed by atoms with van der Waals surface area (Å²) in [6.45, 7) is 3.65. The zero-order valence-electron chi connectivity index (χ0n) is 12.3. The van der Waals surface area contributed by atoms with Crippen LogP contribution in [0.15, 0.2) is 54.7 Å². The molecular formula is C18H20N2O. The maximum atomic E-state index is 5.72. The van der Waals surface area contributed by atoms with Gasteiger partial charge >= 0.3 is 0 Å². The molecule has 0 atom stereocenters. The van der Waals surface area contributed by atoms with Gasteiger partial charge in [-0.05, 0) is 49.2 Å². The first kappa shape index (κ1) is 13.6.